The van der Waals surface area contributed by atoms with Gasteiger partial charge in [-0.3, -0.25) is 0 Å². The number of aromatic amines is 1. The Morgan fingerprint density at radius 2 is 2.07 bits per heavy atom. The summed E-state index contributed by atoms with van der Waals surface area (Å²) in [4.78, 5) is 3.48. The average Bonchev–Trinajstić information content (AvgIpc) is 2.55. The number of rotatable bonds is 2. The van der Waals surface area contributed by atoms with Crippen LogP contribution in [0.4, 0.5) is 0 Å². The minimum absolute atomic E-state index is 0.533. The molecule has 0 saturated heterocycles. The molecule has 0 aliphatic rings. The second-order valence-corrected chi connectivity index (χ2v) is 4.65. The van der Waals surface area contributed by atoms with E-state index in [0.717, 1.165) is 11.4 Å². The fourth-order valence-corrected chi connectivity index (χ4v) is 2.29. The maximum absolute atomic E-state index is 6.02. The summed E-state index contributed by atoms with van der Waals surface area (Å²) in [7, 11) is 0. The van der Waals surface area contributed by atoms with Crippen LogP contribution in [-0.2, 0) is 6.42 Å². The highest BCUT2D eigenvalue weighted by Crippen LogP contribution is 2.29. The Morgan fingerprint density at radius 1 is 1.33 bits per heavy atom. The number of H-pyrrole nitrogens is 1. The number of aryl methyl sites for hydroxylation is 1. The van der Waals surface area contributed by atoms with Gasteiger partial charge < -0.3 is 4.98 Å². The highest BCUT2D eigenvalue weighted by Gasteiger charge is 2.12. The Labute approximate surface area is 95.5 Å². The Bertz CT molecular complexity index is 482. The number of halogens is 1. The predicted octanol–water partition coefficient (Wildman–Crippen LogP) is 4.51. The summed E-state index contributed by atoms with van der Waals surface area (Å²) in [5.74, 6) is 0.533. The van der Waals surface area contributed by atoms with E-state index in [-0.39, 0.29) is 0 Å². The first-order chi connectivity index (χ1) is 7.13. The molecule has 1 aromatic carbocycles. The molecule has 1 N–H and O–H groups in total. The SMILES string of the molecule is CCc1c(C(C)C)[nH]c2ccc(Cl)cc12. The van der Waals surface area contributed by atoms with Crippen LogP contribution in [0.5, 0.6) is 0 Å². The minimum Gasteiger partial charge on any atom is -0.358 e. The number of benzene rings is 1. The van der Waals surface area contributed by atoms with Crippen molar-refractivity contribution < 1.29 is 0 Å². The lowest BCUT2D eigenvalue weighted by Gasteiger charge is -2.04. The molecular weight excluding hydrogens is 206 g/mol. The van der Waals surface area contributed by atoms with Crippen molar-refractivity contribution in [2.24, 2.45) is 0 Å². The molecule has 1 nitrogen and oxygen atoms in total. The smallest absolute Gasteiger partial charge is 0.0460 e. The molecule has 2 rings (SSSR count). The van der Waals surface area contributed by atoms with Crippen molar-refractivity contribution in [2.75, 3.05) is 0 Å². The molecule has 0 aliphatic heterocycles. The summed E-state index contributed by atoms with van der Waals surface area (Å²) in [6.07, 6.45) is 1.05. The van der Waals surface area contributed by atoms with Gasteiger partial charge in [0.05, 0.1) is 0 Å². The van der Waals surface area contributed by atoms with Gasteiger partial charge in [-0.15, -0.1) is 0 Å². The molecular formula is C13H16ClN. The van der Waals surface area contributed by atoms with Crippen molar-refractivity contribution >= 4 is 22.5 Å². The topological polar surface area (TPSA) is 15.8 Å². The summed E-state index contributed by atoms with van der Waals surface area (Å²) >= 11 is 6.02. The highest BCUT2D eigenvalue weighted by molar-refractivity contribution is 6.31. The molecule has 0 fully saturated rings. The maximum atomic E-state index is 6.02. The number of nitrogens with one attached hydrogen (secondary N) is 1. The zero-order chi connectivity index (χ0) is 11.0. The Kier molecular flexibility index (Phi) is 2.74. The monoisotopic (exact) mass is 221 g/mol. The standard InChI is InChI=1S/C13H16ClN/c1-4-10-11-7-9(14)5-6-12(11)15-13(10)8(2)3/h5-8,15H,4H2,1-3H3. The highest BCUT2D eigenvalue weighted by atomic mass is 35.5. The van der Waals surface area contributed by atoms with Gasteiger partial charge in [0.2, 0.25) is 0 Å². The molecule has 0 spiro atoms. The van der Waals surface area contributed by atoms with Gasteiger partial charge in [-0.05, 0) is 36.1 Å². The van der Waals surface area contributed by atoms with Gasteiger partial charge in [-0.2, -0.15) is 0 Å². The Morgan fingerprint density at radius 3 is 2.67 bits per heavy atom. The third-order valence-electron chi connectivity index (χ3n) is 2.83. The van der Waals surface area contributed by atoms with E-state index < -0.39 is 0 Å². The van der Waals surface area contributed by atoms with E-state index in [1.165, 1.54) is 22.2 Å². The summed E-state index contributed by atoms with van der Waals surface area (Å²) in [6, 6.07) is 6.05. The normalized spacial score (nSPS) is 11.5. The molecule has 0 aliphatic carbocycles. The first-order valence-electron chi connectivity index (χ1n) is 5.43. The lowest BCUT2D eigenvalue weighted by atomic mass is 10.0. The van der Waals surface area contributed by atoms with Crippen LogP contribution in [0.1, 0.15) is 37.9 Å². The maximum Gasteiger partial charge on any atom is 0.0460 e. The zero-order valence-electron chi connectivity index (χ0n) is 9.39. The predicted molar refractivity (Wildman–Crippen MR) is 66.8 cm³/mol. The Balaban J connectivity index is 2.74. The molecule has 0 atom stereocenters. The van der Waals surface area contributed by atoms with Crippen molar-refractivity contribution in [3.05, 3.63) is 34.5 Å². The summed E-state index contributed by atoms with van der Waals surface area (Å²) in [6.45, 7) is 6.62. The van der Waals surface area contributed by atoms with Gasteiger partial charge in [0.1, 0.15) is 0 Å². The van der Waals surface area contributed by atoms with E-state index in [2.05, 4.69) is 37.9 Å². The fourth-order valence-electron chi connectivity index (χ4n) is 2.11. The molecule has 2 heteroatoms. The van der Waals surface area contributed by atoms with E-state index >= 15 is 0 Å². The fraction of sp³-hybridized carbons (Fsp3) is 0.385. The van der Waals surface area contributed by atoms with Crippen LogP contribution in [0.25, 0.3) is 10.9 Å². The molecule has 2 aromatic rings. The van der Waals surface area contributed by atoms with Crippen molar-refractivity contribution in [1.82, 2.24) is 4.98 Å². The van der Waals surface area contributed by atoms with E-state index in [4.69, 9.17) is 11.6 Å². The minimum atomic E-state index is 0.533. The Hall–Kier alpha value is -0.950. The molecule has 0 bridgehead atoms. The van der Waals surface area contributed by atoms with Gasteiger partial charge in [-0.25, -0.2) is 0 Å². The van der Waals surface area contributed by atoms with Gasteiger partial charge in [0.15, 0.2) is 0 Å². The van der Waals surface area contributed by atoms with Crippen LogP contribution in [0.2, 0.25) is 5.02 Å². The number of fused-ring (bicyclic) bond motifs is 1. The molecule has 0 radical (unpaired) electrons. The quantitative estimate of drug-likeness (QED) is 0.768. The van der Waals surface area contributed by atoms with Gasteiger partial charge >= 0.3 is 0 Å². The van der Waals surface area contributed by atoms with Gasteiger partial charge in [0.25, 0.3) is 0 Å². The zero-order valence-corrected chi connectivity index (χ0v) is 10.2. The summed E-state index contributed by atoms with van der Waals surface area (Å²) < 4.78 is 0. The second kappa shape index (κ2) is 3.90. The van der Waals surface area contributed by atoms with Crippen molar-refractivity contribution in [3.8, 4) is 0 Å². The average molecular weight is 222 g/mol. The molecule has 15 heavy (non-hydrogen) atoms. The van der Waals surface area contributed by atoms with E-state index in [1.54, 1.807) is 0 Å². The summed E-state index contributed by atoms with van der Waals surface area (Å²) in [5.41, 5.74) is 3.94. The molecule has 1 aromatic heterocycles. The first-order valence-corrected chi connectivity index (χ1v) is 5.81. The molecule has 80 valence electrons. The molecule has 0 amide bonds. The second-order valence-electron chi connectivity index (χ2n) is 4.22. The van der Waals surface area contributed by atoms with Crippen LogP contribution >= 0.6 is 11.6 Å². The molecule has 0 saturated carbocycles. The van der Waals surface area contributed by atoms with Crippen LogP contribution < -0.4 is 0 Å². The number of hydrogen-bond acceptors (Lipinski definition) is 0. The van der Waals surface area contributed by atoms with Crippen LogP contribution in [-0.4, -0.2) is 4.98 Å². The van der Waals surface area contributed by atoms with E-state index in [9.17, 15) is 0 Å². The van der Waals surface area contributed by atoms with Gasteiger partial charge in [-0.1, -0.05) is 32.4 Å². The third-order valence-corrected chi connectivity index (χ3v) is 3.07. The largest absolute Gasteiger partial charge is 0.358 e. The van der Waals surface area contributed by atoms with Crippen LogP contribution in [0.3, 0.4) is 0 Å². The first kappa shape index (κ1) is 10.6. The molecule has 0 unspecified atom stereocenters. The van der Waals surface area contributed by atoms with Crippen LogP contribution in [0.15, 0.2) is 18.2 Å². The van der Waals surface area contributed by atoms with Crippen molar-refractivity contribution in [3.63, 3.8) is 0 Å². The number of aromatic nitrogens is 1. The van der Waals surface area contributed by atoms with Gasteiger partial charge in [0, 0.05) is 21.6 Å². The molecule has 1 heterocycles. The lowest BCUT2D eigenvalue weighted by Crippen LogP contribution is -1.92. The van der Waals surface area contributed by atoms with E-state index in [1.807, 2.05) is 6.07 Å². The van der Waals surface area contributed by atoms with E-state index in [0.29, 0.717) is 5.92 Å². The van der Waals surface area contributed by atoms with Crippen molar-refractivity contribution in [2.45, 2.75) is 33.1 Å². The van der Waals surface area contributed by atoms with Crippen LogP contribution in [0, 0.1) is 0 Å². The number of hydrogen-bond donors (Lipinski definition) is 1. The lowest BCUT2D eigenvalue weighted by molar-refractivity contribution is 0.818. The third kappa shape index (κ3) is 1.76. The van der Waals surface area contributed by atoms with Crippen molar-refractivity contribution in [1.29, 1.82) is 0 Å². The summed E-state index contributed by atoms with van der Waals surface area (Å²) in [5, 5.41) is 2.08.